The Bertz CT molecular complexity index is 946. The molecule has 3 amide bonds. The second-order valence-electron chi connectivity index (χ2n) is 5.83. The average molecular weight is 434 g/mol. The number of hydrogen-bond donors (Lipinski definition) is 3. The number of amides is 3. The van der Waals surface area contributed by atoms with Crippen molar-refractivity contribution >= 4 is 46.7 Å². The number of carbonyl (C=O) groups is 4. The molecular weight excluding hydrogens is 414 g/mol. The summed E-state index contributed by atoms with van der Waals surface area (Å²) >= 11 is 5.89. The van der Waals surface area contributed by atoms with E-state index < -0.39 is 30.2 Å². The van der Waals surface area contributed by atoms with E-state index in [-0.39, 0.29) is 6.61 Å². The van der Waals surface area contributed by atoms with E-state index in [2.05, 4.69) is 16.0 Å². The number of ether oxygens (including phenoxy) is 2. The summed E-state index contributed by atoms with van der Waals surface area (Å²) in [5.74, 6) is -2.64. The van der Waals surface area contributed by atoms with E-state index in [4.69, 9.17) is 21.1 Å². The number of esters is 1. The summed E-state index contributed by atoms with van der Waals surface area (Å²) in [5.41, 5.74) is 0.944. The van der Waals surface area contributed by atoms with Crippen molar-refractivity contribution in [2.75, 3.05) is 30.9 Å². The van der Waals surface area contributed by atoms with E-state index in [1.165, 1.54) is 37.4 Å². The molecule has 0 unspecified atom stereocenters. The summed E-state index contributed by atoms with van der Waals surface area (Å²) in [6.07, 6.45) is 0. The van der Waals surface area contributed by atoms with Crippen molar-refractivity contribution < 1.29 is 28.7 Å². The number of anilines is 2. The first-order chi connectivity index (χ1) is 14.3. The van der Waals surface area contributed by atoms with Crippen LogP contribution in [0.2, 0.25) is 5.02 Å². The van der Waals surface area contributed by atoms with Gasteiger partial charge in [-0.2, -0.15) is 0 Å². The van der Waals surface area contributed by atoms with Gasteiger partial charge in [-0.25, -0.2) is 4.79 Å². The summed E-state index contributed by atoms with van der Waals surface area (Å²) in [4.78, 5) is 47.5. The molecule has 2 rings (SSSR count). The maximum absolute atomic E-state index is 12.0. The minimum atomic E-state index is -1.00. The van der Waals surface area contributed by atoms with Crippen LogP contribution in [-0.4, -0.2) is 44.0 Å². The maximum Gasteiger partial charge on any atom is 0.338 e. The van der Waals surface area contributed by atoms with Gasteiger partial charge >= 0.3 is 17.8 Å². The SMILES string of the molecule is CCOC(=O)c1ccc(NC(=O)C(=O)NCC(=O)Nc2cc(Cl)ccc2OC)cc1. The first-order valence-corrected chi connectivity index (χ1v) is 9.21. The van der Waals surface area contributed by atoms with Crippen molar-refractivity contribution in [2.24, 2.45) is 0 Å². The lowest BCUT2D eigenvalue weighted by atomic mass is 10.2. The molecule has 0 aliphatic heterocycles. The van der Waals surface area contributed by atoms with E-state index in [0.29, 0.717) is 27.7 Å². The van der Waals surface area contributed by atoms with E-state index in [0.717, 1.165) is 0 Å². The van der Waals surface area contributed by atoms with Crippen LogP contribution in [0.1, 0.15) is 17.3 Å². The van der Waals surface area contributed by atoms with Gasteiger partial charge in [0.1, 0.15) is 5.75 Å². The van der Waals surface area contributed by atoms with Crippen LogP contribution in [-0.2, 0) is 19.1 Å². The van der Waals surface area contributed by atoms with Crippen LogP contribution in [0, 0.1) is 0 Å². The Hall–Kier alpha value is -3.59. The van der Waals surface area contributed by atoms with Gasteiger partial charge in [0.15, 0.2) is 0 Å². The molecule has 0 atom stereocenters. The first-order valence-electron chi connectivity index (χ1n) is 8.83. The van der Waals surface area contributed by atoms with Gasteiger partial charge in [0.25, 0.3) is 0 Å². The molecule has 0 radical (unpaired) electrons. The van der Waals surface area contributed by atoms with Crippen LogP contribution in [0.5, 0.6) is 5.75 Å². The fraction of sp³-hybridized carbons (Fsp3) is 0.200. The molecule has 0 spiro atoms. The average Bonchev–Trinajstić information content (AvgIpc) is 2.72. The predicted molar refractivity (Wildman–Crippen MR) is 111 cm³/mol. The molecule has 2 aromatic rings. The van der Waals surface area contributed by atoms with Gasteiger partial charge in [0, 0.05) is 10.7 Å². The zero-order chi connectivity index (χ0) is 22.1. The van der Waals surface area contributed by atoms with Crippen LogP contribution in [0.3, 0.4) is 0 Å². The minimum absolute atomic E-state index is 0.245. The summed E-state index contributed by atoms with van der Waals surface area (Å²) in [5, 5.41) is 7.50. The molecule has 0 heterocycles. The first kappa shape index (κ1) is 22.7. The summed E-state index contributed by atoms with van der Waals surface area (Å²) in [6.45, 7) is 1.50. The Morgan fingerprint density at radius 2 is 1.67 bits per heavy atom. The number of carbonyl (C=O) groups excluding carboxylic acids is 4. The third-order valence-corrected chi connectivity index (χ3v) is 3.94. The van der Waals surface area contributed by atoms with Gasteiger partial charge in [-0.05, 0) is 49.4 Å². The molecule has 0 saturated heterocycles. The van der Waals surface area contributed by atoms with E-state index in [1.54, 1.807) is 19.1 Å². The van der Waals surface area contributed by atoms with Gasteiger partial charge in [-0.3, -0.25) is 14.4 Å². The molecule has 0 bridgehead atoms. The van der Waals surface area contributed by atoms with Crippen molar-refractivity contribution in [3.8, 4) is 5.75 Å². The maximum atomic E-state index is 12.0. The van der Waals surface area contributed by atoms with Gasteiger partial charge in [0.05, 0.1) is 31.5 Å². The normalized spacial score (nSPS) is 9.97. The third-order valence-electron chi connectivity index (χ3n) is 3.71. The molecule has 158 valence electrons. The van der Waals surface area contributed by atoms with Crippen LogP contribution >= 0.6 is 11.6 Å². The molecule has 0 fully saturated rings. The van der Waals surface area contributed by atoms with Crippen LogP contribution < -0.4 is 20.7 Å². The van der Waals surface area contributed by atoms with Crippen molar-refractivity contribution in [3.05, 3.63) is 53.1 Å². The van der Waals surface area contributed by atoms with Crippen molar-refractivity contribution in [1.29, 1.82) is 0 Å². The Balaban J connectivity index is 1.86. The fourth-order valence-electron chi connectivity index (χ4n) is 2.31. The Morgan fingerprint density at radius 3 is 2.30 bits per heavy atom. The van der Waals surface area contributed by atoms with Gasteiger partial charge in [0.2, 0.25) is 5.91 Å². The topological polar surface area (TPSA) is 123 Å². The van der Waals surface area contributed by atoms with Crippen molar-refractivity contribution in [3.63, 3.8) is 0 Å². The van der Waals surface area contributed by atoms with Crippen LogP contribution in [0.25, 0.3) is 0 Å². The molecule has 0 aliphatic carbocycles. The second kappa shape index (κ2) is 10.8. The molecule has 9 nitrogen and oxygen atoms in total. The Morgan fingerprint density at radius 1 is 0.967 bits per heavy atom. The number of rotatable bonds is 7. The van der Waals surface area contributed by atoms with E-state index in [9.17, 15) is 19.2 Å². The molecule has 0 saturated carbocycles. The highest BCUT2D eigenvalue weighted by molar-refractivity contribution is 6.40. The number of halogens is 1. The lowest BCUT2D eigenvalue weighted by Crippen LogP contribution is -2.39. The standard InChI is InChI=1S/C20H20ClN3O6/c1-3-30-20(28)12-4-7-14(8-5-12)23-19(27)18(26)22-11-17(25)24-15-10-13(21)6-9-16(15)29-2/h4-10H,3,11H2,1-2H3,(H,22,26)(H,23,27)(H,24,25). The monoisotopic (exact) mass is 433 g/mol. The van der Waals surface area contributed by atoms with Gasteiger partial charge < -0.3 is 25.4 Å². The zero-order valence-corrected chi connectivity index (χ0v) is 17.0. The lowest BCUT2D eigenvalue weighted by molar-refractivity contribution is -0.136. The third kappa shape index (κ3) is 6.49. The number of hydrogen-bond acceptors (Lipinski definition) is 6. The molecule has 3 N–H and O–H groups in total. The smallest absolute Gasteiger partial charge is 0.338 e. The van der Waals surface area contributed by atoms with Crippen LogP contribution in [0.15, 0.2) is 42.5 Å². The number of benzene rings is 2. The van der Waals surface area contributed by atoms with Gasteiger partial charge in [-0.15, -0.1) is 0 Å². The quantitative estimate of drug-likeness (QED) is 0.454. The summed E-state index contributed by atoms with van der Waals surface area (Å²) in [7, 11) is 1.43. The second-order valence-corrected chi connectivity index (χ2v) is 6.26. The highest BCUT2D eigenvalue weighted by Crippen LogP contribution is 2.27. The Kier molecular flexibility index (Phi) is 8.18. The summed E-state index contributed by atoms with van der Waals surface area (Å²) < 4.78 is 9.98. The number of methoxy groups -OCH3 is 1. The lowest BCUT2D eigenvalue weighted by Gasteiger charge is -2.11. The zero-order valence-electron chi connectivity index (χ0n) is 16.3. The highest BCUT2D eigenvalue weighted by Gasteiger charge is 2.16. The predicted octanol–water partition coefficient (Wildman–Crippen LogP) is 2.22. The largest absolute Gasteiger partial charge is 0.495 e. The van der Waals surface area contributed by atoms with Crippen LogP contribution in [0.4, 0.5) is 11.4 Å². The molecule has 10 heteroatoms. The highest BCUT2D eigenvalue weighted by atomic mass is 35.5. The molecule has 30 heavy (non-hydrogen) atoms. The molecule has 2 aromatic carbocycles. The van der Waals surface area contributed by atoms with Gasteiger partial charge in [-0.1, -0.05) is 11.6 Å². The molecule has 0 aromatic heterocycles. The van der Waals surface area contributed by atoms with E-state index in [1.807, 2.05) is 0 Å². The van der Waals surface area contributed by atoms with E-state index >= 15 is 0 Å². The molecule has 0 aliphatic rings. The minimum Gasteiger partial charge on any atom is -0.495 e. The fourth-order valence-corrected chi connectivity index (χ4v) is 2.48. The Labute approximate surface area is 177 Å². The summed E-state index contributed by atoms with van der Waals surface area (Å²) in [6, 6.07) is 10.5. The number of nitrogens with one attached hydrogen (secondary N) is 3. The van der Waals surface area contributed by atoms with Crippen molar-refractivity contribution in [1.82, 2.24) is 5.32 Å². The van der Waals surface area contributed by atoms with Crippen molar-refractivity contribution in [2.45, 2.75) is 6.92 Å². The molecular formula is C20H20ClN3O6.